The SMILES string of the molecule is CC1=CC[C@@H]2CN(C(=O)c3nc4ccccc4c(=O)[nH]3)C[C@@H]2C1. The van der Waals surface area contributed by atoms with Crippen molar-refractivity contribution in [1.82, 2.24) is 14.9 Å². The highest BCUT2D eigenvalue weighted by Crippen LogP contribution is 2.35. The van der Waals surface area contributed by atoms with E-state index in [1.165, 1.54) is 5.57 Å². The van der Waals surface area contributed by atoms with Crippen LogP contribution in [0.25, 0.3) is 10.9 Å². The summed E-state index contributed by atoms with van der Waals surface area (Å²) in [6, 6.07) is 7.09. The van der Waals surface area contributed by atoms with Gasteiger partial charge in [-0.1, -0.05) is 23.8 Å². The molecule has 5 nitrogen and oxygen atoms in total. The summed E-state index contributed by atoms with van der Waals surface area (Å²) in [5.74, 6) is 1.06. The van der Waals surface area contributed by atoms with E-state index in [4.69, 9.17) is 0 Å². The lowest BCUT2D eigenvalue weighted by Gasteiger charge is -2.21. The summed E-state index contributed by atoms with van der Waals surface area (Å²) in [6.45, 7) is 3.66. The lowest BCUT2D eigenvalue weighted by atomic mass is 9.83. The number of hydrogen-bond donors (Lipinski definition) is 1. The van der Waals surface area contributed by atoms with Gasteiger partial charge in [-0.05, 0) is 43.7 Å². The second kappa shape index (κ2) is 5.33. The van der Waals surface area contributed by atoms with E-state index in [2.05, 4.69) is 23.0 Å². The fourth-order valence-electron chi connectivity index (χ4n) is 3.79. The average molecular weight is 309 g/mol. The van der Waals surface area contributed by atoms with E-state index in [0.717, 1.165) is 25.9 Å². The Morgan fingerprint density at radius 3 is 2.91 bits per heavy atom. The van der Waals surface area contributed by atoms with Gasteiger partial charge in [-0.3, -0.25) is 9.59 Å². The van der Waals surface area contributed by atoms with Crippen LogP contribution in [-0.2, 0) is 0 Å². The Bertz CT molecular complexity index is 868. The number of carbonyl (C=O) groups is 1. The molecule has 5 heteroatoms. The third-order valence-electron chi connectivity index (χ3n) is 5.03. The van der Waals surface area contributed by atoms with Crippen molar-refractivity contribution in [2.75, 3.05) is 13.1 Å². The van der Waals surface area contributed by atoms with Crippen LogP contribution in [0.4, 0.5) is 0 Å². The monoisotopic (exact) mass is 309 g/mol. The summed E-state index contributed by atoms with van der Waals surface area (Å²) >= 11 is 0. The number of amides is 1. The Balaban J connectivity index is 1.62. The summed E-state index contributed by atoms with van der Waals surface area (Å²) in [6.07, 6.45) is 4.39. The Kier molecular flexibility index (Phi) is 3.29. The quantitative estimate of drug-likeness (QED) is 0.822. The van der Waals surface area contributed by atoms with Crippen LogP contribution in [0, 0.1) is 11.8 Å². The molecule has 118 valence electrons. The third-order valence-corrected chi connectivity index (χ3v) is 5.03. The highest BCUT2D eigenvalue weighted by molar-refractivity contribution is 5.92. The molecule has 0 bridgehead atoms. The molecule has 0 radical (unpaired) electrons. The number of aromatic nitrogens is 2. The van der Waals surface area contributed by atoms with Crippen LogP contribution in [-0.4, -0.2) is 33.9 Å². The molecular formula is C18H19N3O2. The van der Waals surface area contributed by atoms with E-state index in [1.54, 1.807) is 18.2 Å². The summed E-state index contributed by atoms with van der Waals surface area (Å²) < 4.78 is 0. The van der Waals surface area contributed by atoms with Gasteiger partial charge in [0, 0.05) is 13.1 Å². The van der Waals surface area contributed by atoms with Gasteiger partial charge in [-0.2, -0.15) is 0 Å². The molecule has 1 fully saturated rings. The van der Waals surface area contributed by atoms with E-state index in [0.29, 0.717) is 22.7 Å². The van der Waals surface area contributed by atoms with Crippen molar-refractivity contribution in [3.8, 4) is 0 Å². The molecule has 1 saturated heterocycles. The molecule has 0 unspecified atom stereocenters. The van der Waals surface area contributed by atoms with Crippen LogP contribution in [0.2, 0.25) is 0 Å². The van der Waals surface area contributed by atoms with Crippen molar-refractivity contribution in [2.24, 2.45) is 11.8 Å². The summed E-state index contributed by atoms with van der Waals surface area (Å²) in [5, 5.41) is 0.513. The zero-order chi connectivity index (χ0) is 16.0. The van der Waals surface area contributed by atoms with Crippen molar-refractivity contribution >= 4 is 16.8 Å². The maximum absolute atomic E-state index is 12.7. The van der Waals surface area contributed by atoms with Gasteiger partial charge in [0.15, 0.2) is 5.82 Å². The molecule has 1 aliphatic heterocycles. The molecular weight excluding hydrogens is 290 g/mol. The largest absolute Gasteiger partial charge is 0.335 e. The summed E-state index contributed by atoms with van der Waals surface area (Å²) in [7, 11) is 0. The molecule has 2 heterocycles. The van der Waals surface area contributed by atoms with Crippen LogP contribution in [0.15, 0.2) is 40.7 Å². The zero-order valence-electron chi connectivity index (χ0n) is 13.1. The first-order valence-electron chi connectivity index (χ1n) is 8.06. The number of carbonyl (C=O) groups excluding carboxylic acids is 1. The normalized spacial score (nSPS) is 23.7. The number of rotatable bonds is 1. The van der Waals surface area contributed by atoms with Gasteiger partial charge in [0.2, 0.25) is 0 Å². The van der Waals surface area contributed by atoms with Gasteiger partial charge < -0.3 is 9.88 Å². The number of nitrogens with zero attached hydrogens (tertiary/aromatic N) is 2. The number of aromatic amines is 1. The molecule has 0 saturated carbocycles. The Morgan fingerprint density at radius 2 is 2.04 bits per heavy atom. The fourth-order valence-corrected chi connectivity index (χ4v) is 3.79. The van der Waals surface area contributed by atoms with Gasteiger partial charge in [-0.15, -0.1) is 0 Å². The highest BCUT2D eigenvalue weighted by atomic mass is 16.2. The molecule has 1 amide bonds. The Morgan fingerprint density at radius 1 is 1.26 bits per heavy atom. The van der Waals surface area contributed by atoms with Crippen LogP contribution >= 0.6 is 0 Å². The summed E-state index contributed by atoms with van der Waals surface area (Å²) in [4.78, 5) is 33.7. The van der Waals surface area contributed by atoms with Gasteiger partial charge in [-0.25, -0.2) is 4.98 Å². The first kappa shape index (κ1) is 14.2. The molecule has 23 heavy (non-hydrogen) atoms. The van der Waals surface area contributed by atoms with Crippen LogP contribution in [0.5, 0.6) is 0 Å². The van der Waals surface area contributed by atoms with Gasteiger partial charge in [0.05, 0.1) is 10.9 Å². The van der Waals surface area contributed by atoms with Gasteiger partial charge in [0.25, 0.3) is 11.5 Å². The van der Waals surface area contributed by atoms with Crippen LogP contribution in [0.3, 0.4) is 0 Å². The molecule has 2 aliphatic rings. The lowest BCUT2D eigenvalue weighted by Crippen LogP contribution is -2.32. The average Bonchev–Trinajstić information content (AvgIpc) is 2.97. The molecule has 0 spiro atoms. The van der Waals surface area contributed by atoms with Gasteiger partial charge >= 0.3 is 0 Å². The Labute approximate surface area is 134 Å². The second-order valence-corrected chi connectivity index (χ2v) is 6.65. The Hall–Kier alpha value is -2.43. The topological polar surface area (TPSA) is 66.1 Å². The number of allylic oxidation sites excluding steroid dienone is 2. The molecule has 2 atom stereocenters. The van der Waals surface area contributed by atoms with Crippen LogP contribution < -0.4 is 5.56 Å². The number of para-hydroxylation sites is 1. The predicted molar refractivity (Wildman–Crippen MR) is 88.2 cm³/mol. The minimum Gasteiger partial charge on any atom is -0.335 e. The molecule has 4 rings (SSSR count). The maximum atomic E-state index is 12.7. The second-order valence-electron chi connectivity index (χ2n) is 6.65. The highest BCUT2D eigenvalue weighted by Gasteiger charge is 2.37. The minimum absolute atomic E-state index is 0.150. The van der Waals surface area contributed by atoms with Crippen molar-refractivity contribution < 1.29 is 4.79 Å². The van der Waals surface area contributed by atoms with Crippen molar-refractivity contribution in [3.05, 3.63) is 52.1 Å². The van der Waals surface area contributed by atoms with Crippen molar-refractivity contribution in [1.29, 1.82) is 0 Å². The van der Waals surface area contributed by atoms with E-state index < -0.39 is 0 Å². The third kappa shape index (κ3) is 2.46. The molecule has 1 aromatic heterocycles. The standard InChI is InChI=1S/C18H19N3O2/c1-11-6-7-12-9-21(10-13(12)8-11)18(23)16-19-15-5-3-2-4-14(15)17(22)20-16/h2-6,12-13H,7-10H2,1H3,(H,19,20,22)/t12-,13+/m1/s1. The molecule has 1 aromatic carbocycles. The fraction of sp³-hybridized carbons (Fsp3) is 0.389. The van der Waals surface area contributed by atoms with Crippen molar-refractivity contribution in [3.63, 3.8) is 0 Å². The minimum atomic E-state index is -0.256. The molecule has 2 aromatic rings. The zero-order valence-corrected chi connectivity index (χ0v) is 13.1. The van der Waals surface area contributed by atoms with Crippen molar-refractivity contribution in [2.45, 2.75) is 19.8 Å². The summed E-state index contributed by atoms with van der Waals surface area (Å²) in [5.41, 5.74) is 1.72. The number of hydrogen-bond acceptors (Lipinski definition) is 3. The molecule has 1 N–H and O–H groups in total. The number of fused-ring (bicyclic) bond motifs is 2. The lowest BCUT2D eigenvalue weighted by molar-refractivity contribution is 0.0772. The molecule has 1 aliphatic carbocycles. The van der Waals surface area contributed by atoms with E-state index in [9.17, 15) is 9.59 Å². The maximum Gasteiger partial charge on any atom is 0.289 e. The number of nitrogens with one attached hydrogen (secondary N) is 1. The number of benzene rings is 1. The van der Waals surface area contributed by atoms with Crippen LogP contribution in [0.1, 0.15) is 30.4 Å². The van der Waals surface area contributed by atoms with E-state index in [-0.39, 0.29) is 17.3 Å². The number of H-pyrrole nitrogens is 1. The number of likely N-dealkylation sites (tertiary alicyclic amines) is 1. The first-order valence-corrected chi connectivity index (χ1v) is 8.06. The smallest absolute Gasteiger partial charge is 0.289 e. The van der Waals surface area contributed by atoms with E-state index >= 15 is 0 Å². The predicted octanol–water partition coefficient (Wildman–Crippen LogP) is 2.35. The van der Waals surface area contributed by atoms with E-state index in [1.807, 2.05) is 11.0 Å². The van der Waals surface area contributed by atoms with Gasteiger partial charge in [0.1, 0.15) is 0 Å². The first-order chi connectivity index (χ1) is 11.1.